The van der Waals surface area contributed by atoms with Crippen molar-refractivity contribution in [3.8, 4) is 11.5 Å². The molecule has 0 aliphatic carbocycles. The molecule has 1 aromatic carbocycles. The Morgan fingerprint density at radius 1 is 1.55 bits per heavy atom. The summed E-state index contributed by atoms with van der Waals surface area (Å²) in [5.74, 6) is 0.433. The van der Waals surface area contributed by atoms with E-state index in [2.05, 4.69) is 10.3 Å². The third-order valence-corrected chi connectivity index (χ3v) is 2.88. The van der Waals surface area contributed by atoms with Crippen LogP contribution in [0.25, 0.3) is 0 Å². The zero-order valence-electron chi connectivity index (χ0n) is 12.0. The highest BCUT2D eigenvalue weighted by atomic mass is 16.5. The van der Waals surface area contributed by atoms with Crippen molar-refractivity contribution in [2.24, 2.45) is 4.99 Å². The van der Waals surface area contributed by atoms with Crippen molar-refractivity contribution in [2.75, 3.05) is 7.11 Å². The predicted molar refractivity (Wildman–Crippen MR) is 79.8 cm³/mol. The van der Waals surface area contributed by atoms with Crippen LogP contribution >= 0.6 is 0 Å². The maximum absolute atomic E-state index is 10.6. The Kier molecular flexibility index (Phi) is 6.29. The second-order valence-electron chi connectivity index (χ2n) is 4.36. The molecule has 0 aliphatic heterocycles. The molecule has 5 heteroatoms. The van der Waals surface area contributed by atoms with Gasteiger partial charge in [0, 0.05) is 12.3 Å². The summed E-state index contributed by atoms with van der Waals surface area (Å²) in [4.78, 5) is 14.8. The van der Waals surface area contributed by atoms with E-state index in [1.165, 1.54) is 13.2 Å². The van der Waals surface area contributed by atoms with Gasteiger partial charge in [-0.05, 0) is 32.4 Å². The van der Waals surface area contributed by atoms with Gasteiger partial charge < -0.3 is 15.2 Å². The van der Waals surface area contributed by atoms with Gasteiger partial charge in [0.25, 0.3) is 0 Å². The molecule has 1 rings (SSSR count). The third kappa shape index (κ3) is 4.76. The molecule has 0 radical (unpaired) electrons. The zero-order chi connectivity index (χ0) is 15.0. The number of nitrogens with zero attached hydrogens (tertiary/aromatic N) is 1. The SMILES string of the molecule is C/C=C(/C)CC(C=Nc1ccc(OC)c(O)c1)NC=O. The number of methoxy groups -OCH3 is 1. The van der Waals surface area contributed by atoms with Crippen molar-refractivity contribution in [3.05, 3.63) is 29.8 Å². The molecule has 1 atom stereocenters. The van der Waals surface area contributed by atoms with Crippen molar-refractivity contribution < 1.29 is 14.6 Å². The number of hydrogen-bond acceptors (Lipinski definition) is 4. The van der Waals surface area contributed by atoms with Crippen LogP contribution in [-0.4, -0.2) is 30.9 Å². The van der Waals surface area contributed by atoms with Crippen LogP contribution in [0.4, 0.5) is 5.69 Å². The van der Waals surface area contributed by atoms with E-state index in [0.717, 1.165) is 5.57 Å². The Bertz CT molecular complexity index is 510. The van der Waals surface area contributed by atoms with Gasteiger partial charge in [-0.15, -0.1) is 0 Å². The Labute approximate surface area is 119 Å². The van der Waals surface area contributed by atoms with Crippen LogP contribution in [0.5, 0.6) is 11.5 Å². The first-order chi connectivity index (χ1) is 9.60. The first kappa shape index (κ1) is 15.8. The van der Waals surface area contributed by atoms with Gasteiger partial charge in [-0.3, -0.25) is 9.79 Å². The number of rotatable bonds is 7. The average Bonchev–Trinajstić information content (AvgIpc) is 2.45. The largest absolute Gasteiger partial charge is 0.504 e. The molecule has 0 spiro atoms. The first-order valence-corrected chi connectivity index (χ1v) is 6.33. The molecular weight excluding hydrogens is 256 g/mol. The van der Waals surface area contributed by atoms with Crippen LogP contribution < -0.4 is 10.1 Å². The lowest BCUT2D eigenvalue weighted by molar-refractivity contribution is -0.109. The summed E-state index contributed by atoms with van der Waals surface area (Å²) >= 11 is 0. The molecule has 1 amide bonds. The second-order valence-corrected chi connectivity index (χ2v) is 4.36. The van der Waals surface area contributed by atoms with E-state index in [1.807, 2.05) is 19.9 Å². The van der Waals surface area contributed by atoms with Gasteiger partial charge in [-0.1, -0.05) is 11.6 Å². The topological polar surface area (TPSA) is 70.9 Å². The van der Waals surface area contributed by atoms with Gasteiger partial charge in [0.2, 0.25) is 6.41 Å². The summed E-state index contributed by atoms with van der Waals surface area (Å²) in [7, 11) is 1.49. The number of ether oxygens (including phenoxy) is 1. The smallest absolute Gasteiger partial charge is 0.207 e. The molecular formula is C15H20N2O3. The molecule has 20 heavy (non-hydrogen) atoms. The van der Waals surface area contributed by atoms with E-state index in [9.17, 15) is 9.90 Å². The van der Waals surface area contributed by atoms with Crippen molar-refractivity contribution in [3.63, 3.8) is 0 Å². The van der Waals surface area contributed by atoms with Gasteiger partial charge in [0.15, 0.2) is 11.5 Å². The standard InChI is InChI=1S/C15H20N2O3/c1-4-11(2)7-13(17-10-18)9-16-12-5-6-15(20-3)14(19)8-12/h4-6,8-10,13,19H,7H2,1-3H3,(H,17,18)/b11-4-,16-9?. The molecule has 0 fully saturated rings. The highest BCUT2D eigenvalue weighted by Gasteiger charge is 2.05. The second kappa shape index (κ2) is 7.99. The van der Waals surface area contributed by atoms with Gasteiger partial charge >= 0.3 is 0 Å². The average molecular weight is 276 g/mol. The fraction of sp³-hybridized carbons (Fsp3) is 0.333. The quantitative estimate of drug-likeness (QED) is 0.457. The first-order valence-electron chi connectivity index (χ1n) is 6.33. The van der Waals surface area contributed by atoms with E-state index < -0.39 is 0 Å². The maximum Gasteiger partial charge on any atom is 0.207 e. The number of benzene rings is 1. The van der Waals surface area contributed by atoms with Gasteiger partial charge in [-0.2, -0.15) is 0 Å². The number of nitrogens with one attached hydrogen (secondary N) is 1. The molecule has 1 aromatic rings. The molecule has 0 heterocycles. The number of phenolic OH excluding ortho intramolecular Hbond substituents is 1. The van der Waals surface area contributed by atoms with Crippen LogP contribution in [0.2, 0.25) is 0 Å². The minimum Gasteiger partial charge on any atom is -0.504 e. The Morgan fingerprint density at radius 2 is 2.30 bits per heavy atom. The molecule has 0 aliphatic rings. The fourth-order valence-electron chi connectivity index (χ4n) is 1.64. The van der Waals surface area contributed by atoms with Crippen molar-refractivity contribution >= 4 is 18.3 Å². The molecule has 0 bridgehead atoms. The van der Waals surface area contributed by atoms with Crippen LogP contribution in [0.15, 0.2) is 34.8 Å². The van der Waals surface area contributed by atoms with Crippen LogP contribution in [0.1, 0.15) is 20.3 Å². The molecule has 2 N–H and O–H groups in total. The van der Waals surface area contributed by atoms with E-state index in [-0.39, 0.29) is 11.8 Å². The predicted octanol–water partition coefficient (Wildman–Crippen LogP) is 2.57. The molecule has 1 unspecified atom stereocenters. The van der Waals surface area contributed by atoms with E-state index in [0.29, 0.717) is 24.3 Å². The Hall–Kier alpha value is -2.30. The number of aromatic hydroxyl groups is 1. The number of aliphatic imine (C=N–C) groups is 1. The van der Waals surface area contributed by atoms with Gasteiger partial charge in [0.1, 0.15) is 0 Å². The lowest BCUT2D eigenvalue weighted by Gasteiger charge is -2.11. The zero-order valence-corrected chi connectivity index (χ0v) is 12.0. The van der Waals surface area contributed by atoms with Gasteiger partial charge in [-0.25, -0.2) is 0 Å². The summed E-state index contributed by atoms with van der Waals surface area (Å²) in [6, 6.07) is 4.71. The Morgan fingerprint density at radius 3 is 2.85 bits per heavy atom. The fourth-order valence-corrected chi connectivity index (χ4v) is 1.64. The lowest BCUT2D eigenvalue weighted by Crippen LogP contribution is -2.29. The molecule has 0 aromatic heterocycles. The number of allylic oxidation sites excluding steroid dienone is 1. The summed E-state index contributed by atoms with van der Waals surface area (Å²) in [5.41, 5.74) is 1.76. The molecule has 0 saturated heterocycles. The Balaban J connectivity index is 2.81. The summed E-state index contributed by atoms with van der Waals surface area (Å²) < 4.78 is 4.96. The summed E-state index contributed by atoms with van der Waals surface area (Å²) in [6.07, 6.45) is 5.00. The highest BCUT2D eigenvalue weighted by Crippen LogP contribution is 2.29. The highest BCUT2D eigenvalue weighted by molar-refractivity contribution is 5.72. The minimum absolute atomic E-state index is 0.0340. The van der Waals surface area contributed by atoms with E-state index in [1.54, 1.807) is 18.3 Å². The summed E-state index contributed by atoms with van der Waals surface area (Å²) in [6.45, 7) is 3.94. The molecule has 5 nitrogen and oxygen atoms in total. The number of carbonyl (C=O) groups excluding carboxylic acids is 1. The lowest BCUT2D eigenvalue weighted by atomic mass is 10.1. The summed E-state index contributed by atoms with van der Waals surface area (Å²) in [5, 5.41) is 12.4. The van der Waals surface area contributed by atoms with Crippen molar-refractivity contribution in [2.45, 2.75) is 26.3 Å². The minimum atomic E-state index is -0.173. The normalized spacial score (nSPS) is 13.2. The van der Waals surface area contributed by atoms with Crippen molar-refractivity contribution in [1.82, 2.24) is 5.32 Å². The number of phenols is 1. The van der Waals surface area contributed by atoms with E-state index in [4.69, 9.17) is 4.74 Å². The van der Waals surface area contributed by atoms with Crippen LogP contribution in [-0.2, 0) is 4.79 Å². The number of hydrogen-bond donors (Lipinski definition) is 2. The van der Waals surface area contributed by atoms with Gasteiger partial charge in [0.05, 0.1) is 18.8 Å². The van der Waals surface area contributed by atoms with Crippen LogP contribution in [0.3, 0.4) is 0 Å². The van der Waals surface area contributed by atoms with Crippen molar-refractivity contribution in [1.29, 1.82) is 0 Å². The maximum atomic E-state index is 10.6. The number of amides is 1. The molecule has 108 valence electrons. The third-order valence-electron chi connectivity index (χ3n) is 2.88. The van der Waals surface area contributed by atoms with E-state index >= 15 is 0 Å². The monoisotopic (exact) mass is 276 g/mol. The molecule has 0 saturated carbocycles. The van der Waals surface area contributed by atoms with Crippen LogP contribution in [0, 0.1) is 0 Å². The number of carbonyl (C=O) groups is 1.